The lowest BCUT2D eigenvalue weighted by Crippen LogP contribution is -2.30. The van der Waals surface area contributed by atoms with Gasteiger partial charge in [0.1, 0.15) is 5.75 Å². The number of halogens is 1. The number of methoxy groups -OCH3 is 1. The van der Waals surface area contributed by atoms with Crippen LogP contribution in [0.3, 0.4) is 0 Å². The Hall–Kier alpha value is -1.37. The van der Waals surface area contributed by atoms with E-state index in [1.165, 1.54) is 0 Å². The Balaban J connectivity index is 2.24. The van der Waals surface area contributed by atoms with Crippen LogP contribution in [0, 0.1) is 6.92 Å². The van der Waals surface area contributed by atoms with Gasteiger partial charge >= 0.3 is 0 Å². The lowest BCUT2D eigenvalue weighted by Gasteiger charge is -2.17. The van der Waals surface area contributed by atoms with Crippen LogP contribution in [0.25, 0.3) is 0 Å². The molecule has 1 unspecified atom stereocenters. The quantitative estimate of drug-likeness (QED) is 0.648. The second kappa shape index (κ2) is 6.39. The predicted molar refractivity (Wildman–Crippen MR) is 82.4 cm³/mol. The molecule has 0 saturated heterocycles. The molecule has 1 aromatic carbocycles. The molecule has 3 N–H and O–H groups in total. The Morgan fingerprint density at radius 1 is 1.45 bits per heavy atom. The second-order valence-electron chi connectivity index (χ2n) is 4.72. The van der Waals surface area contributed by atoms with Gasteiger partial charge in [-0.3, -0.25) is 16.0 Å². The number of nitrogens with one attached hydrogen (secondary N) is 1. The van der Waals surface area contributed by atoms with Crippen molar-refractivity contribution < 1.29 is 4.74 Å². The van der Waals surface area contributed by atoms with Crippen molar-refractivity contribution in [3.63, 3.8) is 0 Å². The van der Waals surface area contributed by atoms with Gasteiger partial charge in [-0.1, -0.05) is 6.07 Å². The van der Waals surface area contributed by atoms with Crippen molar-refractivity contribution in [1.29, 1.82) is 0 Å². The summed E-state index contributed by atoms with van der Waals surface area (Å²) < 4.78 is 8.04. The number of nitrogens with two attached hydrogens (primary N) is 1. The highest BCUT2D eigenvalue weighted by Crippen LogP contribution is 2.29. The van der Waals surface area contributed by atoms with Gasteiger partial charge in [-0.05, 0) is 46.6 Å². The van der Waals surface area contributed by atoms with Crippen LogP contribution in [0.2, 0.25) is 0 Å². The summed E-state index contributed by atoms with van der Waals surface area (Å²) in [5, 5.41) is 4.36. The molecule has 0 radical (unpaired) electrons. The minimum Gasteiger partial charge on any atom is -0.496 e. The van der Waals surface area contributed by atoms with E-state index in [2.05, 4.69) is 32.5 Å². The Morgan fingerprint density at radius 2 is 2.20 bits per heavy atom. The summed E-state index contributed by atoms with van der Waals surface area (Å²) in [4.78, 5) is 0. The smallest absolute Gasteiger partial charge is 0.133 e. The molecule has 0 aliphatic rings. The van der Waals surface area contributed by atoms with Crippen LogP contribution in [0.1, 0.15) is 23.0 Å². The van der Waals surface area contributed by atoms with Crippen molar-refractivity contribution in [2.45, 2.75) is 19.4 Å². The number of hydrogen-bond donors (Lipinski definition) is 2. The molecule has 108 valence electrons. The molecule has 1 heterocycles. The standard InChI is InChI=1S/C14H19BrN4O/c1-9-6-11(19(2)18-9)8-13(17-16)10-4-5-14(20-3)12(15)7-10/h4-7,13,17H,8,16H2,1-3H3. The van der Waals surface area contributed by atoms with Crippen LogP contribution >= 0.6 is 15.9 Å². The molecule has 0 aliphatic carbocycles. The fourth-order valence-corrected chi connectivity index (χ4v) is 2.80. The largest absolute Gasteiger partial charge is 0.496 e. The van der Waals surface area contributed by atoms with E-state index in [0.29, 0.717) is 0 Å². The van der Waals surface area contributed by atoms with Gasteiger partial charge in [-0.15, -0.1) is 0 Å². The van der Waals surface area contributed by atoms with E-state index < -0.39 is 0 Å². The highest BCUT2D eigenvalue weighted by atomic mass is 79.9. The highest BCUT2D eigenvalue weighted by molar-refractivity contribution is 9.10. The van der Waals surface area contributed by atoms with Gasteiger partial charge in [0.2, 0.25) is 0 Å². The number of hydrogen-bond acceptors (Lipinski definition) is 4. The number of aryl methyl sites for hydroxylation is 2. The third-order valence-corrected chi connectivity index (χ3v) is 3.91. The zero-order valence-electron chi connectivity index (χ0n) is 11.9. The number of nitrogens with zero attached hydrogens (tertiary/aromatic N) is 2. The monoisotopic (exact) mass is 338 g/mol. The van der Waals surface area contributed by atoms with E-state index in [1.54, 1.807) is 7.11 Å². The molecule has 0 saturated carbocycles. The Morgan fingerprint density at radius 3 is 2.70 bits per heavy atom. The number of benzene rings is 1. The molecule has 5 nitrogen and oxygen atoms in total. The molecule has 20 heavy (non-hydrogen) atoms. The average molecular weight is 339 g/mol. The van der Waals surface area contributed by atoms with Crippen molar-refractivity contribution in [3.8, 4) is 5.75 Å². The summed E-state index contributed by atoms with van der Waals surface area (Å²) in [6.45, 7) is 1.98. The maximum atomic E-state index is 5.70. The highest BCUT2D eigenvalue weighted by Gasteiger charge is 2.15. The van der Waals surface area contributed by atoms with Gasteiger partial charge in [0.05, 0.1) is 23.3 Å². The third-order valence-electron chi connectivity index (χ3n) is 3.29. The maximum absolute atomic E-state index is 5.70. The lowest BCUT2D eigenvalue weighted by atomic mass is 10.0. The van der Waals surface area contributed by atoms with Crippen LogP contribution in [0.15, 0.2) is 28.7 Å². The Bertz CT molecular complexity index is 597. The van der Waals surface area contributed by atoms with Gasteiger partial charge < -0.3 is 4.74 Å². The molecular weight excluding hydrogens is 320 g/mol. The van der Waals surface area contributed by atoms with Crippen molar-refractivity contribution in [1.82, 2.24) is 15.2 Å². The summed E-state index contributed by atoms with van der Waals surface area (Å²) >= 11 is 3.50. The first-order valence-corrected chi connectivity index (χ1v) is 7.13. The van der Waals surface area contributed by atoms with Crippen LogP contribution in [-0.4, -0.2) is 16.9 Å². The zero-order chi connectivity index (χ0) is 14.7. The second-order valence-corrected chi connectivity index (χ2v) is 5.57. The van der Waals surface area contributed by atoms with Crippen LogP contribution in [-0.2, 0) is 13.5 Å². The number of rotatable bonds is 5. The molecule has 0 fully saturated rings. The molecule has 1 atom stereocenters. The lowest BCUT2D eigenvalue weighted by molar-refractivity contribution is 0.411. The normalized spacial score (nSPS) is 12.4. The average Bonchev–Trinajstić information content (AvgIpc) is 2.74. The van der Waals surface area contributed by atoms with E-state index in [4.69, 9.17) is 10.6 Å². The number of ether oxygens (including phenoxy) is 1. The van der Waals surface area contributed by atoms with Crippen molar-refractivity contribution >= 4 is 15.9 Å². The maximum Gasteiger partial charge on any atom is 0.133 e. The van der Waals surface area contributed by atoms with Crippen molar-refractivity contribution in [3.05, 3.63) is 45.7 Å². The molecule has 0 bridgehead atoms. The number of hydrazine groups is 1. The van der Waals surface area contributed by atoms with E-state index in [9.17, 15) is 0 Å². The summed E-state index contributed by atoms with van der Waals surface area (Å²) in [6, 6.07) is 8.05. The van der Waals surface area contributed by atoms with Crippen molar-refractivity contribution in [2.24, 2.45) is 12.9 Å². The van der Waals surface area contributed by atoms with Gasteiger partial charge in [-0.25, -0.2) is 0 Å². The van der Waals surface area contributed by atoms with Crippen LogP contribution < -0.4 is 16.0 Å². The molecule has 0 amide bonds. The van der Waals surface area contributed by atoms with Crippen LogP contribution in [0.4, 0.5) is 0 Å². The van der Waals surface area contributed by atoms with Crippen molar-refractivity contribution in [2.75, 3.05) is 7.11 Å². The summed E-state index contributed by atoms with van der Waals surface area (Å²) in [5.41, 5.74) is 6.11. The van der Waals surface area contributed by atoms with Gasteiger partial charge in [-0.2, -0.15) is 5.10 Å². The zero-order valence-corrected chi connectivity index (χ0v) is 13.4. The fraction of sp³-hybridized carbons (Fsp3) is 0.357. The first-order valence-electron chi connectivity index (χ1n) is 6.34. The van der Waals surface area contributed by atoms with Gasteiger partial charge in [0, 0.05) is 19.2 Å². The predicted octanol–water partition coefficient (Wildman–Crippen LogP) is 2.25. The van der Waals surface area contributed by atoms with E-state index in [-0.39, 0.29) is 6.04 Å². The Labute approximate surface area is 127 Å². The minimum absolute atomic E-state index is 0.0204. The molecular formula is C14H19BrN4O. The molecule has 1 aromatic heterocycles. The van der Waals surface area contributed by atoms with E-state index in [0.717, 1.165) is 33.6 Å². The minimum atomic E-state index is 0.0204. The Kier molecular flexibility index (Phi) is 4.80. The van der Waals surface area contributed by atoms with Gasteiger partial charge in [0.15, 0.2) is 0 Å². The first kappa shape index (κ1) is 15.0. The summed E-state index contributed by atoms with van der Waals surface area (Å²) in [5.74, 6) is 6.51. The SMILES string of the molecule is COc1ccc(C(Cc2cc(C)nn2C)NN)cc1Br. The topological polar surface area (TPSA) is 65.1 Å². The molecule has 2 rings (SSSR count). The van der Waals surface area contributed by atoms with E-state index in [1.807, 2.05) is 36.9 Å². The third kappa shape index (κ3) is 3.20. The summed E-state index contributed by atoms with van der Waals surface area (Å²) in [6.07, 6.45) is 0.770. The molecule has 0 aliphatic heterocycles. The van der Waals surface area contributed by atoms with E-state index >= 15 is 0 Å². The molecule has 0 spiro atoms. The molecule has 2 aromatic rings. The molecule has 6 heteroatoms. The fourth-order valence-electron chi connectivity index (χ4n) is 2.24. The first-order chi connectivity index (χ1) is 9.55. The number of aromatic nitrogens is 2. The van der Waals surface area contributed by atoms with Crippen LogP contribution in [0.5, 0.6) is 5.75 Å². The van der Waals surface area contributed by atoms with Gasteiger partial charge in [0.25, 0.3) is 0 Å². The summed E-state index contributed by atoms with van der Waals surface area (Å²) in [7, 11) is 3.59.